The van der Waals surface area contributed by atoms with E-state index in [9.17, 15) is 9.59 Å². The number of hydrogen-bond donors (Lipinski definition) is 2. The molecular weight excluding hydrogens is 310 g/mol. The number of pyridine rings is 1. The van der Waals surface area contributed by atoms with Crippen molar-refractivity contribution < 1.29 is 14.3 Å². The average molecular weight is 333 g/mol. The second-order valence-corrected chi connectivity index (χ2v) is 5.85. The van der Waals surface area contributed by atoms with Crippen molar-refractivity contribution in [2.75, 3.05) is 52.5 Å². The quantitative estimate of drug-likeness (QED) is 0.739. The first-order chi connectivity index (χ1) is 11.8. The number of urea groups is 1. The fourth-order valence-corrected chi connectivity index (χ4v) is 3.04. The predicted molar refractivity (Wildman–Crippen MR) is 87.4 cm³/mol. The minimum absolute atomic E-state index is 0.0653. The standard InChI is InChI=1S/C16H23N5O3/c22-15(18-4-6-21-7-5-19-16(21)23)14(13-2-1-3-17-12-13)20-8-10-24-11-9-20/h1-3,12,14H,4-11H2,(H,18,22)(H,19,23). The number of carbonyl (C=O) groups excluding carboxylic acids is 2. The molecule has 24 heavy (non-hydrogen) atoms. The lowest BCUT2D eigenvalue weighted by Crippen LogP contribution is -2.47. The Balaban J connectivity index is 1.61. The van der Waals surface area contributed by atoms with E-state index in [-0.39, 0.29) is 18.0 Å². The summed E-state index contributed by atoms with van der Waals surface area (Å²) in [6.45, 7) is 4.97. The van der Waals surface area contributed by atoms with Crippen LogP contribution in [0.3, 0.4) is 0 Å². The molecule has 2 aliphatic heterocycles. The molecule has 2 aliphatic rings. The van der Waals surface area contributed by atoms with Crippen LogP contribution in [0.25, 0.3) is 0 Å². The topological polar surface area (TPSA) is 86.8 Å². The number of morpholine rings is 1. The van der Waals surface area contributed by atoms with Crippen molar-refractivity contribution >= 4 is 11.9 Å². The molecule has 1 atom stereocenters. The van der Waals surface area contributed by atoms with Crippen LogP contribution in [0.4, 0.5) is 4.79 Å². The molecule has 0 aliphatic carbocycles. The Kier molecular flexibility index (Phi) is 5.60. The van der Waals surface area contributed by atoms with Gasteiger partial charge in [-0.3, -0.25) is 14.7 Å². The Hall–Kier alpha value is -2.19. The summed E-state index contributed by atoms with van der Waals surface area (Å²) in [5.74, 6) is -0.0653. The zero-order valence-corrected chi connectivity index (χ0v) is 13.6. The minimum Gasteiger partial charge on any atom is -0.379 e. The van der Waals surface area contributed by atoms with Crippen LogP contribution in [0.1, 0.15) is 11.6 Å². The maximum atomic E-state index is 12.8. The number of hydrogen-bond acceptors (Lipinski definition) is 5. The Morgan fingerprint density at radius 3 is 2.88 bits per heavy atom. The maximum Gasteiger partial charge on any atom is 0.317 e. The third kappa shape index (κ3) is 4.01. The molecule has 3 rings (SSSR count). The van der Waals surface area contributed by atoms with Crippen LogP contribution in [0.2, 0.25) is 0 Å². The van der Waals surface area contributed by atoms with Gasteiger partial charge in [-0.05, 0) is 11.6 Å². The average Bonchev–Trinajstić information content (AvgIpc) is 3.02. The van der Waals surface area contributed by atoms with Crippen molar-refractivity contribution in [3.05, 3.63) is 30.1 Å². The van der Waals surface area contributed by atoms with E-state index in [0.29, 0.717) is 52.5 Å². The molecule has 2 N–H and O–H groups in total. The van der Waals surface area contributed by atoms with E-state index in [4.69, 9.17) is 4.74 Å². The normalized spacial score (nSPS) is 19.8. The number of carbonyl (C=O) groups is 2. The summed E-state index contributed by atoms with van der Waals surface area (Å²) < 4.78 is 5.39. The molecule has 1 aromatic heterocycles. The molecule has 3 heterocycles. The van der Waals surface area contributed by atoms with Gasteiger partial charge >= 0.3 is 6.03 Å². The lowest BCUT2D eigenvalue weighted by Gasteiger charge is -2.33. The lowest BCUT2D eigenvalue weighted by atomic mass is 10.1. The van der Waals surface area contributed by atoms with Gasteiger partial charge in [0.2, 0.25) is 5.91 Å². The van der Waals surface area contributed by atoms with Gasteiger partial charge in [0.1, 0.15) is 6.04 Å². The van der Waals surface area contributed by atoms with Crippen LogP contribution in [0.15, 0.2) is 24.5 Å². The Bertz CT molecular complexity index is 562. The molecule has 8 heteroatoms. The van der Waals surface area contributed by atoms with Crippen LogP contribution < -0.4 is 10.6 Å². The number of nitrogens with zero attached hydrogens (tertiary/aromatic N) is 3. The van der Waals surface area contributed by atoms with Gasteiger partial charge in [0.25, 0.3) is 0 Å². The van der Waals surface area contributed by atoms with E-state index in [2.05, 4.69) is 20.5 Å². The highest BCUT2D eigenvalue weighted by Gasteiger charge is 2.29. The van der Waals surface area contributed by atoms with Crippen LogP contribution in [-0.4, -0.2) is 79.2 Å². The third-order valence-electron chi connectivity index (χ3n) is 4.29. The van der Waals surface area contributed by atoms with Gasteiger partial charge in [-0.25, -0.2) is 4.79 Å². The van der Waals surface area contributed by atoms with E-state index in [1.165, 1.54) is 0 Å². The SMILES string of the molecule is O=C(NCCN1CCNC1=O)C(c1cccnc1)N1CCOCC1. The Morgan fingerprint density at radius 2 is 2.21 bits per heavy atom. The first-order valence-electron chi connectivity index (χ1n) is 8.28. The Labute approximate surface area is 141 Å². The molecular formula is C16H23N5O3. The summed E-state index contributed by atoms with van der Waals surface area (Å²) >= 11 is 0. The van der Waals surface area contributed by atoms with Crippen molar-refractivity contribution in [2.24, 2.45) is 0 Å². The zero-order valence-electron chi connectivity index (χ0n) is 13.6. The minimum atomic E-state index is -0.380. The Morgan fingerprint density at radius 1 is 1.38 bits per heavy atom. The van der Waals surface area contributed by atoms with Crippen molar-refractivity contribution in [2.45, 2.75) is 6.04 Å². The fourth-order valence-electron chi connectivity index (χ4n) is 3.04. The molecule has 1 unspecified atom stereocenters. The first-order valence-corrected chi connectivity index (χ1v) is 8.28. The van der Waals surface area contributed by atoms with E-state index in [1.807, 2.05) is 12.1 Å². The highest BCUT2D eigenvalue weighted by Crippen LogP contribution is 2.21. The molecule has 0 saturated carbocycles. The molecule has 3 amide bonds. The van der Waals surface area contributed by atoms with Gasteiger partial charge in [0, 0.05) is 51.7 Å². The molecule has 1 aromatic rings. The second-order valence-electron chi connectivity index (χ2n) is 5.85. The van der Waals surface area contributed by atoms with Crippen LogP contribution >= 0.6 is 0 Å². The van der Waals surface area contributed by atoms with Crippen molar-refractivity contribution in [3.8, 4) is 0 Å². The van der Waals surface area contributed by atoms with Gasteiger partial charge in [0.15, 0.2) is 0 Å². The van der Waals surface area contributed by atoms with Gasteiger partial charge in [-0.1, -0.05) is 6.07 Å². The number of rotatable bonds is 6. The van der Waals surface area contributed by atoms with Gasteiger partial charge < -0.3 is 20.3 Å². The monoisotopic (exact) mass is 333 g/mol. The smallest absolute Gasteiger partial charge is 0.317 e. The fraction of sp³-hybridized carbons (Fsp3) is 0.562. The summed E-state index contributed by atoms with van der Waals surface area (Å²) in [5.41, 5.74) is 0.871. The maximum absolute atomic E-state index is 12.8. The van der Waals surface area contributed by atoms with Gasteiger partial charge in [0.05, 0.1) is 13.2 Å². The van der Waals surface area contributed by atoms with Gasteiger partial charge in [-0.2, -0.15) is 0 Å². The van der Waals surface area contributed by atoms with E-state index in [0.717, 1.165) is 5.56 Å². The first kappa shape index (κ1) is 16.7. The summed E-state index contributed by atoms with van der Waals surface area (Å²) in [6.07, 6.45) is 3.43. The highest BCUT2D eigenvalue weighted by molar-refractivity contribution is 5.83. The predicted octanol–water partition coefficient (Wildman–Crippen LogP) is -0.404. The van der Waals surface area contributed by atoms with E-state index in [1.54, 1.807) is 17.3 Å². The summed E-state index contributed by atoms with van der Waals surface area (Å²) in [5, 5.41) is 5.71. The molecule has 0 aromatic carbocycles. The van der Waals surface area contributed by atoms with E-state index >= 15 is 0 Å². The number of ether oxygens (including phenoxy) is 1. The summed E-state index contributed by atoms with van der Waals surface area (Å²) in [6, 6.07) is 3.31. The second kappa shape index (κ2) is 8.07. The number of aromatic nitrogens is 1. The molecule has 0 bridgehead atoms. The lowest BCUT2D eigenvalue weighted by molar-refractivity contribution is -0.128. The third-order valence-corrected chi connectivity index (χ3v) is 4.29. The molecule has 8 nitrogen and oxygen atoms in total. The zero-order chi connectivity index (χ0) is 16.8. The summed E-state index contributed by atoms with van der Waals surface area (Å²) in [7, 11) is 0. The van der Waals surface area contributed by atoms with Crippen LogP contribution in [-0.2, 0) is 9.53 Å². The molecule has 130 valence electrons. The van der Waals surface area contributed by atoms with Crippen molar-refractivity contribution in [1.29, 1.82) is 0 Å². The van der Waals surface area contributed by atoms with E-state index < -0.39 is 0 Å². The number of amides is 3. The highest BCUT2D eigenvalue weighted by atomic mass is 16.5. The largest absolute Gasteiger partial charge is 0.379 e. The van der Waals surface area contributed by atoms with Crippen LogP contribution in [0.5, 0.6) is 0 Å². The molecule has 2 saturated heterocycles. The summed E-state index contributed by atoms with van der Waals surface area (Å²) in [4.78, 5) is 32.2. The number of nitrogens with one attached hydrogen (secondary N) is 2. The molecule has 0 spiro atoms. The van der Waals surface area contributed by atoms with Crippen LogP contribution in [0, 0.1) is 0 Å². The molecule has 0 radical (unpaired) electrons. The van der Waals surface area contributed by atoms with Crippen molar-refractivity contribution in [1.82, 2.24) is 25.4 Å². The molecule has 2 fully saturated rings. The van der Waals surface area contributed by atoms with Crippen molar-refractivity contribution in [3.63, 3.8) is 0 Å². The van der Waals surface area contributed by atoms with Gasteiger partial charge in [-0.15, -0.1) is 0 Å².